The molecule has 12 heteroatoms. The van der Waals surface area contributed by atoms with Gasteiger partial charge in [-0.3, -0.25) is 28.9 Å². The van der Waals surface area contributed by atoms with E-state index in [1.54, 1.807) is 43.1 Å². The van der Waals surface area contributed by atoms with Gasteiger partial charge in [-0.1, -0.05) is 86.0 Å². The van der Waals surface area contributed by atoms with Gasteiger partial charge in [-0.05, 0) is 87.4 Å². The Morgan fingerprint density at radius 1 is 0.839 bits per heavy atom. The minimum atomic E-state index is -1.18. The van der Waals surface area contributed by atoms with Crippen LogP contribution in [-0.4, -0.2) is 89.7 Å². The molecule has 3 aliphatic rings. The molecule has 1 saturated heterocycles. The summed E-state index contributed by atoms with van der Waals surface area (Å²) in [6, 6.07) is 22.2. The zero-order chi connectivity index (χ0) is 39.5. The van der Waals surface area contributed by atoms with Crippen molar-refractivity contribution >= 4 is 29.5 Å². The van der Waals surface area contributed by atoms with Gasteiger partial charge in [0.2, 0.25) is 23.6 Å². The number of para-hydroxylation sites is 1. The van der Waals surface area contributed by atoms with Crippen molar-refractivity contribution in [1.82, 2.24) is 31.1 Å². The van der Waals surface area contributed by atoms with Crippen LogP contribution in [0.15, 0.2) is 78.9 Å². The van der Waals surface area contributed by atoms with E-state index in [2.05, 4.69) is 32.2 Å². The van der Waals surface area contributed by atoms with E-state index < -0.39 is 47.3 Å². The number of ether oxygens (including phenoxy) is 1. The first kappa shape index (κ1) is 40.4. The Morgan fingerprint density at radius 3 is 2.27 bits per heavy atom. The van der Waals surface area contributed by atoms with E-state index in [4.69, 9.17) is 4.74 Å². The second-order valence-electron chi connectivity index (χ2n) is 15.5. The maximum absolute atomic E-state index is 14.0. The lowest BCUT2D eigenvalue weighted by Crippen LogP contribution is -2.61. The van der Waals surface area contributed by atoms with Crippen molar-refractivity contribution in [2.75, 3.05) is 26.7 Å². The zero-order valence-electron chi connectivity index (χ0n) is 32.7. The number of piperidine rings is 1. The molecule has 3 aromatic rings. The van der Waals surface area contributed by atoms with Gasteiger partial charge in [0.05, 0.1) is 11.6 Å². The molecule has 2 heterocycles. The third-order valence-corrected chi connectivity index (χ3v) is 11.5. The molecule has 5 amide bonds. The molecule has 0 unspecified atom stereocenters. The minimum absolute atomic E-state index is 0.00160. The Morgan fingerprint density at radius 2 is 1.52 bits per heavy atom. The van der Waals surface area contributed by atoms with E-state index in [-0.39, 0.29) is 43.2 Å². The Balaban J connectivity index is 1.26. The first-order chi connectivity index (χ1) is 27.1. The molecule has 298 valence electrons. The third-order valence-electron chi connectivity index (χ3n) is 11.5. The molecule has 0 bridgehead atoms. The summed E-state index contributed by atoms with van der Waals surface area (Å²) < 4.78 is 6.32. The Labute approximate surface area is 330 Å². The number of benzene rings is 3. The van der Waals surface area contributed by atoms with Crippen molar-refractivity contribution in [3.8, 4) is 5.75 Å². The van der Waals surface area contributed by atoms with Gasteiger partial charge in [0.1, 0.15) is 30.0 Å². The zero-order valence-corrected chi connectivity index (χ0v) is 32.7. The summed E-state index contributed by atoms with van der Waals surface area (Å²) in [6.45, 7) is 4.86. The van der Waals surface area contributed by atoms with Crippen LogP contribution in [0.4, 0.5) is 0 Å². The number of nitrogens with zero attached hydrogens (tertiary/aromatic N) is 2. The maximum atomic E-state index is 14.0. The summed E-state index contributed by atoms with van der Waals surface area (Å²) in [6.07, 6.45) is 6.29. The average Bonchev–Trinajstić information content (AvgIpc) is 3.70. The molecule has 0 radical (unpaired) electrons. The molecule has 0 aromatic heterocycles. The van der Waals surface area contributed by atoms with E-state index in [9.17, 15) is 24.0 Å². The molecular weight excluding hydrogens is 709 g/mol. The van der Waals surface area contributed by atoms with Gasteiger partial charge in [-0.2, -0.15) is 0 Å². The average molecular weight is 765 g/mol. The predicted molar refractivity (Wildman–Crippen MR) is 213 cm³/mol. The Hall–Kier alpha value is -5.23. The van der Waals surface area contributed by atoms with Gasteiger partial charge in [0, 0.05) is 26.6 Å². The summed E-state index contributed by atoms with van der Waals surface area (Å²) in [5.41, 5.74) is 2.16. The number of likely N-dealkylation sites (N-methyl/N-ethyl adjacent to an activating group) is 1. The SMILES string of the molecule is C[C@@H]1NC(=O)C2(CCCC2)NC(=O)CC[C@@H](C(=O)NCc2ccccc2CN2CCCCC2)NC(=O)c2ccccc2OC[C@H](Cc2ccccc2)N(C)C1=O. The number of hydrogen-bond donors (Lipinski definition) is 4. The smallest absolute Gasteiger partial charge is 0.255 e. The quantitative estimate of drug-likeness (QED) is 0.281. The number of amides is 5. The van der Waals surface area contributed by atoms with Gasteiger partial charge in [-0.25, -0.2) is 0 Å². The van der Waals surface area contributed by atoms with Crippen molar-refractivity contribution in [3.63, 3.8) is 0 Å². The first-order valence-electron chi connectivity index (χ1n) is 20.1. The van der Waals surface area contributed by atoms with Crippen molar-refractivity contribution in [2.45, 2.75) is 108 Å². The van der Waals surface area contributed by atoms with Crippen molar-refractivity contribution in [2.24, 2.45) is 0 Å². The highest BCUT2D eigenvalue weighted by molar-refractivity contribution is 6.00. The number of fused-ring (bicyclic) bond motifs is 1. The van der Waals surface area contributed by atoms with Crippen LogP contribution in [0.2, 0.25) is 0 Å². The van der Waals surface area contributed by atoms with Crippen LogP contribution < -0.4 is 26.0 Å². The second kappa shape index (κ2) is 19.1. The molecule has 6 rings (SSSR count). The molecule has 56 heavy (non-hydrogen) atoms. The highest BCUT2D eigenvalue weighted by Gasteiger charge is 2.44. The topological polar surface area (TPSA) is 149 Å². The fraction of sp³-hybridized carbons (Fsp3) is 0.477. The number of carbonyl (C=O) groups excluding carboxylic acids is 5. The van der Waals surface area contributed by atoms with Crippen LogP contribution in [0, 0.1) is 0 Å². The normalized spacial score (nSPS) is 22.8. The van der Waals surface area contributed by atoms with E-state index >= 15 is 0 Å². The van der Waals surface area contributed by atoms with Crippen LogP contribution in [0.1, 0.15) is 91.8 Å². The van der Waals surface area contributed by atoms with E-state index in [0.29, 0.717) is 19.3 Å². The minimum Gasteiger partial charge on any atom is -0.491 e. The molecule has 4 N–H and O–H groups in total. The van der Waals surface area contributed by atoms with Gasteiger partial charge >= 0.3 is 0 Å². The first-order valence-corrected chi connectivity index (χ1v) is 20.1. The summed E-state index contributed by atoms with van der Waals surface area (Å²) in [5.74, 6) is -1.79. The largest absolute Gasteiger partial charge is 0.491 e. The summed E-state index contributed by atoms with van der Waals surface area (Å²) >= 11 is 0. The van der Waals surface area contributed by atoms with Crippen LogP contribution in [0.25, 0.3) is 0 Å². The number of rotatable bonds is 7. The van der Waals surface area contributed by atoms with Crippen LogP contribution in [-0.2, 0) is 38.7 Å². The number of nitrogens with one attached hydrogen (secondary N) is 4. The van der Waals surface area contributed by atoms with E-state index in [0.717, 1.165) is 49.2 Å². The summed E-state index contributed by atoms with van der Waals surface area (Å²) in [7, 11) is 1.68. The number of hydrogen-bond acceptors (Lipinski definition) is 7. The van der Waals surface area contributed by atoms with Crippen LogP contribution >= 0.6 is 0 Å². The maximum Gasteiger partial charge on any atom is 0.255 e. The van der Waals surface area contributed by atoms with E-state index in [1.807, 2.05) is 48.5 Å². The number of carbonyl (C=O) groups is 5. The highest BCUT2D eigenvalue weighted by Crippen LogP contribution is 2.31. The van der Waals surface area contributed by atoms with Gasteiger partial charge in [-0.15, -0.1) is 0 Å². The summed E-state index contributed by atoms with van der Waals surface area (Å²) in [5, 5.41) is 11.8. The monoisotopic (exact) mass is 764 g/mol. The van der Waals surface area contributed by atoms with Gasteiger partial charge in [0.15, 0.2) is 0 Å². The van der Waals surface area contributed by atoms with Crippen LogP contribution in [0.3, 0.4) is 0 Å². The number of likely N-dealkylation sites (tertiary alicyclic amines) is 1. The van der Waals surface area contributed by atoms with Crippen molar-refractivity contribution < 1.29 is 28.7 Å². The standard InChI is InChI=1S/C44H56N6O6/c1-31-42(54)49(2)35(27-32-15-5-3-6-16-32)30-56-38-20-10-9-19-36(38)40(52)47-37(21-22-39(51)48-44(43(55)46-31)23-11-12-24-44)41(53)45-28-33-17-7-8-18-34(33)29-50-25-13-4-14-26-50/h3,5-10,15-20,31,35,37H,4,11-14,21-30H2,1-2H3,(H,45,53)(H,46,55)(H,47,52)(H,48,51)/t31-,35-,37-/m0/s1. The predicted octanol–water partition coefficient (Wildman–Crippen LogP) is 4.26. The fourth-order valence-electron chi connectivity index (χ4n) is 8.09. The molecule has 3 aromatic carbocycles. The Kier molecular flexibility index (Phi) is 13.8. The highest BCUT2D eigenvalue weighted by atomic mass is 16.5. The molecule has 12 nitrogen and oxygen atoms in total. The van der Waals surface area contributed by atoms with Crippen molar-refractivity contribution in [1.29, 1.82) is 0 Å². The second-order valence-corrected chi connectivity index (χ2v) is 15.5. The van der Waals surface area contributed by atoms with Crippen molar-refractivity contribution in [3.05, 3.63) is 101 Å². The fourth-order valence-corrected chi connectivity index (χ4v) is 8.09. The lowest BCUT2D eigenvalue weighted by atomic mass is 9.95. The Bertz CT molecular complexity index is 1840. The third kappa shape index (κ3) is 10.3. The lowest BCUT2D eigenvalue weighted by molar-refractivity contribution is -0.139. The molecule has 1 spiro atoms. The molecule has 1 aliphatic carbocycles. The van der Waals surface area contributed by atoms with Crippen LogP contribution in [0.5, 0.6) is 5.75 Å². The molecule has 2 fully saturated rings. The molecule has 1 saturated carbocycles. The molecule has 2 aliphatic heterocycles. The van der Waals surface area contributed by atoms with E-state index in [1.165, 1.54) is 19.3 Å². The molecule has 3 atom stereocenters. The van der Waals surface area contributed by atoms with Gasteiger partial charge in [0.25, 0.3) is 5.91 Å². The molecular formula is C44H56N6O6. The summed E-state index contributed by atoms with van der Waals surface area (Å²) in [4.78, 5) is 73.4. The van der Waals surface area contributed by atoms with Gasteiger partial charge < -0.3 is 30.9 Å². The lowest BCUT2D eigenvalue weighted by Gasteiger charge is -2.34.